The topological polar surface area (TPSA) is 87.6 Å². The molecule has 2 fully saturated rings. The second kappa shape index (κ2) is 6.10. The van der Waals surface area contributed by atoms with Gasteiger partial charge in [0.2, 0.25) is 0 Å². The van der Waals surface area contributed by atoms with Crippen LogP contribution in [0.25, 0.3) is 0 Å². The number of amides is 1. The maximum atomic E-state index is 14.1. The molecule has 0 unspecified atom stereocenters. The standard InChI is InChI=1S/C19H24F2N6O/c1-18-7-14-13(6-15(18)19(18,20)21)16(26-25-14)17(28)24-12-8-23-27(10-12)9-11-2-4-22-5-3-11/h8,10-11,15,22H,2-7,9H2,1H3,(H,24,28)(H,25,26)/t15-,18+/m0/s1. The predicted octanol–water partition coefficient (Wildman–Crippen LogP) is 2.23. The summed E-state index contributed by atoms with van der Waals surface area (Å²) in [6.07, 6.45) is 6.08. The highest BCUT2D eigenvalue weighted by Crippen LogP contribution is 2.70. The fourth-order valence-corrected chi connectivity index (χ4v) is 4.84. The molecule has 0 aromatic carbocycles. The number of halogens is 2. The molecule has 2 aliphatic carbocycles. The Kier molecular flexibility index (Phi) is 3.88. The van der Waals surface area contributed by atoms with Crippen LogP contribution in [-0.2, 0) is 19.4 Å². The van der Waals surface area contributed by atoms with Crippen molar-refractivity contribution in [2.45, 2.75) is 45.1 Å². The SMILES string of the molecule is C[C@@]12Cc3[nH]nc(C(=O)Nc4cnn(CC5CCNCC5)c4)c3C[C@@H]1C2(F)F. The van der Waals surface area contributed by atoms with Crippen molar-refractivity contribution >= 4 is 11.6 Å². The summed E-state index contributed by atoms with van der Waals surface area (Å²) in [7, 11) is 0. The first-order chi connectivity index (χ1) is 13.4. The Bertz CT molecular complexity index is 915. The lowest BCUT2D eigenvalue weighted by Gasteiger charge is -2.22. The van der Waals surface area contributed by atoms with Gasteiger partial charge in [-0.15, -0.1) is 0 Å². The van der Waals surface area contributed by atoms with Gasteiger partial charge in [0.1, 0.15) is 0 Å². The van der Waals surface area contributed by atoms with E-state index in [2.05, 4.69) is 25.9 Å². The van der Waals surface area contributed by atoms with E-state index in [1.54, 1.807) is 13.1 Å². The predicted molar refractivity (Wildman–Crippen MR) is 98.3 cm³/mol. The highest BCUT2D eigenvalue weighted by molar-refractivity contribution is 6.04. The van der Waals surface area contributed by atoms with Crippen LogP contribution in [0.5, 0.6) is 0 Å². The van der Waals surface area contributed by atoms with E-state index in [0.29, 0.717) is 22.9 Å². The van der Waals surface area contributed by atoms with E-state index in [0.717, 1.165) is 32.5 Å². The van der Waals surface area contributed by atoms with Crippen LogP contribution < -0.4 is 10.6 Å². The van der Waals surface area contributed by atoms with Crippen LogP contribution in [0, 0.1) is 17.3 Å². The molecule has 28 heavy (non-hydrogen) atoms. The van der Waals surface area contributed by atoms with Crippen molar-refractivity contribution in [1.29, 1.82) is 0 Å². The molecule has 3 aliphatic rings. The lowest BCUT2D eigenvalue weighted by Crippen LogP contribution is -2.29. The number of aromatic amines is 1. The van der Waals surface area contributed by atoms with Gasteiger partial charge in [0.25, 0.3) is 11.8 Å². The summed E-state index contributed by atoms with van der Waals surface area (Å²) < 4.78 is 30.0. The number of aromatic nitrogens is 4. The highest BCUT2D eigenvalue weighted by atomic mass is 19.3. The zero-order chi connectivity index (χ0) is 19.5. The number of hydrogen-bond acceptors (Lipinski definition) is 4. The molecule has 3 N–H and O–H groups in total. The number of nitrogens with zero attached hydrogens (tertiary/aromatic N) is 3. The second-order valence-corrected chi connectivity index (χ2v) is 8.60. The molecule has 5 rings (SSSR count). The van der Waals surface area contributed by atoms with Gasteiger partial charge in [-0.05, 0) is 38.3 Å². The molecule has 150 valence electrons. The molecule has 1 saturated heterocycles. The van der Waals surface area contributed by atoms with Gasteiger partial charge >= 0.3 is 0 Å². The molecule has 1 saturated carbocycles. The molecule has 1 amide bonds. The number of piperidine rings is 1. The zero-order valence-electron chi connectivity index (χ0n) is 15.8. The third-order valence-electron chi connectivity index (χ3n) is 6.80. The molecule has 0 spiro atoms. The Hall–Kier alpha value is -2.29. The van der Waals surface area contributed by atoms with Crippen LogP contribution in [0.3, 0.4) is 0 Å². The van der Waals surface area contributed by atoms with Crippen LogP contribution >= 0.6 is 0 Å². The smallest absolute Gasteiger partial charge is 0.276 e. The second-order valence-electron chi connectivity index (χ2n) is 8.60. The molecule has 1 aliphatic heterocycles. The largest absolute Gasteiger partial charge is 0.318 e. The maximum absolute atomic E-state index is 14.1. The van der Waals surface area contributed by atoms with E-state index < -0.39 is 17.3 Å². The first-order valence-corrected chi connectivity index (χ1v) is 9.87. The Balaban J connectivity index is 1.26. The number of alkyl halides is 2. The first-order valence-electron chi connectivity index (χ1n) is 9.87. The van der Waals surface area contributed by atoms with Crippen LogP contribution in [-0.4, -0.2) is 44.9 Å². The third-order valence-corrected chi connectivity index (χ3v) is 6.80. The molecule has 3 heterocycles. The van der Waals surface area contributed by atoms with E-state index in [1.165, 1.54) is 0 Å². The average Bonchev–Trinajstić information content (AvgIpc) is 3.08. The number of rotatable bonds is 4. The first kappa shape index (κ1) is 17.8. The van der Waals surface area contributed by atoms with Gasteiger partial charge in [-0.25, -0.2) is 8.78 Å². The van der Waals surface area contributed by atoms with Gasteiger partial charge in [0, 0.05) is 41.8 Å². The molecule has 7 nitrogen and oxygen atoms in total. The quantitative estimate of drug-likeness (QED) is 0.747. The summed E-state index contributed by atoms with van der Waals surface area (Å²) in [6, 6.07) is 0. The van der Waals surface area contributed by atoms with Gasteiger partial charge in [-0.2, -0.15) is 10.2 Å². The number of carbonyl (C=O) groups excluding carboxylic acids is 1. The lowest BCUT2D eigenvalue weighted by atomic mass is 9.87. The normalized spacial score (nSPS) is 28.5. The van der Waals surface area contributed by atoms with Crippen molar-refractivity contribution in [2.75, 3.05) is 18.4 Å². The molecular weight excluding hydrogens is 366 g/mol. The van der Waals surface area contributed by atoms with E-state index in [4.69, 9.17) is 0 Å². The van der Waals surface area contributed by atoms with Crippen molar-refractivity contribution < 1.29 is 13.6 Å². The fraction of sp³-hybridized carbons (Fsp3) is 0.632. The Morgan fingerprint density at radius 1 is 1.39 bits per heavy atom. The maximum Gasteiger partial charge on any atom is 0.276 e. The van der Waals surface area contributed by atoms with Crippen LogP contribution in [0.15, 0.2) is 12.4 Å². The Labute approximate surface area is 161 Å². The number of nitrogens with one attached hydrogen (secondary N) is 3. The number of fused-ring (bicyclic) bond motifs is 2. The van der Waals surface area contributed by atoms with Gasteiger partial charge in [0.15, 0.2) is 5.69 Å². The molecule has 2 aromatic rings. The van der Waals surface area contributed by atoms with Crippen LogP contribution in [0.1, 0.15) is 41.5 Å². The summed E-state index contributed by atoms with van der Waals surface area (Å²) in [5, 5.41) is 17.4. The monoisotopic (exact) mass is 390 g/mol. The summed E-state index contributed by atoms with van der Waals surface area (Å²) in [5.74, 6) is -3.18. The fourth-order valence-electron chi connectivity index (χ4n) is 4.84. The Morgan fingerprint density at radius 2 is 2.18 bits per heavy atom. The number of H-pyrrole nitrogens is 1. The third kappa shape index (κ3) is 2.67. The molecule has 9 heteroatoms. The molecule has 0 radical (unpaired) electrons. The summed E-state index contributed by atoms with van der Waals surface area (Å²) >= 11 is 0. The molecule has 2 atom stereocenters. The van der Waals surface area contributed by atoms with Gasteiger partial charge in [-0.1, -0.05) is 6.92 Å². The van der Waals surface area contributed by atoms with E-state index in [1.807, 2.05) is 10.9 Å². The minimum absolute atomic E-state index is 0.188. The number of carbonyl (C=O) groups is 1. The molecular formula is C19H24F2N6O. The highest BCUT2D eigenvalue weighted by Gasteiger charge is 2.78. The van der Waals surface area contributed by atoms with Crippen LogP contribution in [0.4, 0.5) is 14.5 Å². The van der Waals surface area contributed by atoms with Gasteiger partial charge in [-0.3, -0.25) is 14.6 Å². The van der Waals surface area contributed by atoms with Crippen molar-refractivity contribution in [2.24, 2.45) is 17.3 Å². The Morgan fingerprint density at radius 3 is 2.96 bits per heavy atom. The number of anilines is 1. The lowest BCUT2D eigenvalue weighted by molar-refractivity contribution is 0.0631. The van der Waals surface area contributed by atoms with E-state index in [-0.39, 0.29) is 24.4 Å². The van der Waals surface area contributed by atoms with Crippen LogP contribution in [0.2, 0.25) is 0 Å². The van der Waals surface area contributed by atoms with Gasteiger partial charge < -0.3 is 10.6 Å². The average molecular weight is 390 g/mol. The van der Waals surface area contributed by atoms with Crippen molar-refractivity contribution in [3.05, 3.63) is 29.3 Å². The zero-order valence-corrected chi connectivity index (χ0v) is 15.8. The number of hydrogen-bond donors (Lipinski definition) is 3. The summed E-state index contributed by atoms with van der Waals surface area (Å²) in [6.45, 7) is 4.49. The van der Waals surface area contributed by atoms with E-state index >= 15 is 0 Å². The summed E-state index contributed by atoms with van der Waals surface area (Å²) in [4.78, 5) is 12.7. The van der Waals surface area contributed by atoms with Crippen molar-refractivity contribution in [3.63, 3.8) is 0 Å². The summed E-state index contributed by atoms with van der Waals surface area (Å²) in [5.41, 5.74) is 1.08. The molecule has 0 bridgehead atoms. The minimum atomic E-state index is -2.67. The van der Waals surface area contributed by atoms with Crippen molar-refractivity contribution in [3.8, 4) is 0 Å². The van der Waals surface area contributed by atoms with E-state index in [9.17, 15) is 13.6 Å². The molecule has 2 aromatic heterocycles. The van der Waals surface area contributed by atoms with Gasteiger partial charge in [0.05, 0.1) is 11.9 Å². The van der Waals surface area contributed by atoms with Crippen molar-refractivity contribution in [1.82, 2.24) is 25.3 Å². The minimum Gasteiger partial charge on any atom is -0.318 e.